The number of carboxylic acids is 1. The number of aliphatic carboxylic acids is 1. The maximum atomic E-state index is 12.1. The first-order valence-corrected chi connectivity index (χ1v) is 6.99. The van der Waals surface area contributed by atoms with Crippen LogP contribution in [-0.4, -0.2) is 65.0 Å². The SMILES string of the molecule is NC1(CC(=O)N2CCN(CCC(=O)O)CC2)CCC1. The van der Waals surface area contributed by atoms with E-state index >= 15 is 0 Å². The van der Waals surface area contributed by atoms with Crippen molar-refractivity contribution in [2.45, 2.75) is 37.6 Å². The molecule has 2 fully saturated rings. The van der Waals surface area contributed by atoms with Crippen LogP contribution in [0.25, 0.3) is 0 Å². The summed E-state index contributed by atoms with van der Waals surface area (Å²) in [6.07, 6.45) is 3.67. The van der Waals surface area contributed by atoms with E-state index in [4.69, 9.17) is 10.8 Å². The molecule has 1 aliphatic carbocycles. The zero-order valence-corrected chi connectivity index (χ0v) is 11.3. The van der Waals surface area contributed by atoms with Crippen molar-refractivity contribution < 1.29 is 14.7 Å². The Bertz CT molecular complexity index is 347. The molecule has 0 atom stereocenters. The number of carbonyl (C=O) groups excluding carboxylic acids is 1. The molecule has 19 heavy (non-hydrogen) atoms. The van der Waals surface area contributed by atoms with Gasteiger partial charge in [-0.3, -0.25) is 14.5 Å². The number of hydrogen-bond donors (Lipinski definition) is 2. The van der Waals surface area contributed by atoms with Gasteiger partial charge in [0.25, 0.3) is 0 Å². The minimum atomic E-state index is -0.770. The lowest BCUT2D eigenvalue weighted by Crippen LogP contribution is -2.54. The predicted molar refractivity (Wildman–Crippen MR) is 70.7 cm³/mol. The molecule has 3 N–H and O–H groups in total. The highest BCUT2D eigenvalue weighted by atomic mass is 16.4. The summed E-state index contributed by atoms with van der Waals surface area (Å²) in [6, 6.07) is 0. The molecule has 0 unspecified atom stereocenters. The number of piperazine rings is 1. The zero-order chi connectivity index (χ0) is 13.9. The van der Waals surface area contributed by atoms with Gasteiger partial charge in [-0.15, -0.1) is 0 Å². The maximum Gasteiger partial charge on any atom is 0.304 e. The molecule has 1 saturated heterocycles. The van der Waals surface area contributed by atoms with Gasteiger partial charge in [0.2, 0.25) is 5.91 Å². The summed E-state index contributed by atoms with van der Waals surface area (Å²) in [5.74, 6) is -0.617. The van der Waals surface area contributed by atoms with Crippen LogP contribution >= 0.6 is 0 Å². The Morgan fingerprint density at radius 2 is 1.79 bits per heavy atom. The summed E-state index contributed by atoms with van der Waals surface area (Å²) < 4.78 is 0. The standard InChI is InChI=1S/C13H23N3O3/c14-13(3-1-4-13)10-11(17)16-8-6-15(7-9-16)5-2-12(18)19/h1-10,14H2,(H,18,19). The smallest absolute Gasteiger partial charge is 0.304 e. The van der Waals surface area contributed by atoms with E-state index < -0.39 is 5.97 Å². The van der Waals surface area contributed by atoms with E-state index in [0.717, 1.165) is 32.4 Å². The third-order valence-electron chi connectivity index (χ3n) is 4.22. The van der Waals surface area contributed by atoms with E-state index in [-0.39, 0.29) is 17.9 Å². The molecule has 0 aromatic heterocycles. The molecule has 6 heteroatoms. The lowest BCUT2D eigenvalue weighted by Gasteiger charge is -2.40. The fraction of sp³-hybridized carbons (Fsp3) is 0.846. The molecule has 6 nitrogen and oxygen atoms in total. The predicted octanol–water partition coefficient (Wildman–Crippen LogP) is -0.123. The third kappa shape index (κ3) is 3.91. The highest BCUT2D eigenvalue weighted by Gasteiger charge is 2.36. The zero-order valence-electron chi connectivity index (χ0n) is 11.3. The average Bonchev–Trinajstić information content (AvgIpc) is 2.35. The number of carbonyl (C=O) groups is 2. The van der Waals surface area contributed by atoms with Crippen molar-refractivity contribution in [2.24, 2.45) is 5.73 Å². The number of nitrogens with zero attached hydrogens (tertiary/aromatic N) is 2. The van der Waals surface area contributed by atoms with E-state index in [1.165, 1.54) is 0 Å². The molecule has 2 aliphatic rings. The molecule has 0 spiro atoms. The van der Waals surface area contributed by atoms with Gasteiger partial charge < -0.3 is 15.7 Å². The molecule has 0 aromatic rings. The number of hydrogen-bond acceptors (Lipinski definition) is 4. The van der Waals surface area contributed by atoms with Gasteiger partial charge in [0.05, 0.1) is 6.42 Å². The second-order valence-corrected chi connectivity index (χ2v) is 5.76. The Morgan fingerprint density at radius 1 is 1.16 bits per heavy atom. The van der Waals surface area contributed by atoms with Crippen molar-refractivity contribution in [1.82, 2.24) is 9.80 Å². The van der Waals surface area contributed by atoms with Crippen LogP contribution < -0.4 is 5.73 Å². The van der Waals surface area contributed by atoms with Crippen molar-refractivity contribution in [2.75, 3.05) is 32.7 Å². The van der Waals surface area contributed by atoms with E-state index in [0.29, 0.717) is 26.1 Å². The number of amides is 1. The topological polar surface area (TPSA) is 86.9 Å². The largest absolute Gasteiger partial charge is 0.481 e. The number of rotatable bonds is 5. The van der Waals surface area contributed by atoms with Crippen LogP contribution in [0.4, 0.5) is 0 Å². The lowest BCUT2D eigenvalue weighted by atomic mass is 9.75. The van der Waals surface area contributed by atoms with Gasteiger partial charge in [-0.1, -0.05) is 0 Å². The summed E-state index contributed by atoms with van der Waals surface area (Å²) >= 11 is 0. The van der Waals surface area contributed by atoms with Crippen LogP contribution in [0.5, 0.6) is 0 Å². The van der Waals surface area contributed by atoms with Gasteiger partial charge in [0, 0.05) is 44.7 Å². The van der Waals surface area contributed by atoms with E-state index in [1.807, 2.05) is 4.90 Å². The normalized spacial score (nSPS) is 22.9. The van der Waals surface area contributed by atoms with Gasteiger partial charge in [-0.2, -0.15) is 0 Å². The molecule has 0 aromatic carbocycles. The highest BCUT2D eigenvalue weighted by molar-refractivity contribution is 5.77. The van der Waals surface area contributed by atoms with Crippen molar-refractivity contribution in [3.63, 3.8) is 0 Å². The molecule has 1 aliphatic heterocycles. The first kappa shape index (κ1) is 14.3. The first-order chi connectivity index (χ1) is 8.98. The number of nitrogens with two attached hydrogens (primary N) is 1. The lowest BCUT2D eigenvalue weighted by molar-refractivity contribution is -0.139. The molecular formula is C13H23N3O3. The van der Waals surface area contributed by atoms with Crippen LogP contribution in [0, 0.1) is 0 Å². The minimum Gasteiger partial charge on any atom is -0.481 e. The second-order valence-electron chi connectivity index (χ2n) is 5.76. The molecular weight excluding hydrogens is 246 g/mol. The number of carboxylic acid groups (broad SMARTS) is 1. The fourth-order valence-corrected chi connectivity index (χ4v) is 2.70. The Hall–Kier alpha value is -1.14. The first-order valence-electron chi connectivity index (χ1n) is 6.99. The molecule has 0 radical (unpaired) electrons. The van der Waals surface area contributed by atoms with Crippen molar-refractivity contribution >= 4 is 11.9 Å². The molecule has 0 bridgehead atoms. The van der Waals surface area contributed by atoms with E-state index in [2.05, 4.69) is 4.90 Å². The fourth-order valence-electron chi connectivity index (χ4n) is 2.70. The summed E-state index contributed by atoms with van der Waals surface area (Å²) in [5, 5.41) is 8.64. The van der Waals surface area contributed by atoms with Crippen molar-refractivity contribution in [3.8, 4) is 0 Å². The van der Waals surface area contributed by atoms with Gasteiger partial charge in [0.1, 0.15) is 0 Å². The molecule has 1 saturated carbocycles. The van der Waals surface area contributed by atoms with Crippen molar-refractivity contribution in [3.05, 3.63) is 0 Å². The Kier molecular flexibility index (Phi) is 4.42. The highest BCUT2D eigenvalue weighted by Crippen LogP contribution is 2.32. The molecule has 2 rings (SSSR count). The van der Waals surface area contributed by atoms with Gasteiger partial charge in [-0.05, 0) is 19.3 Å². The van der Waals surface area contributed by atoms with Crippen LogP contribution in [0.15, 0.2) is 0 Å². The summed E-state index contributed by atoms with van der Waals surface area (Å²) in [7, 11) is 0. The van der Waals surface area contributed by atoms with E-state index in [1.54, 1.807) is 0 Å². The van der Waals surface area contributed by atoms with Crippen LogP contribution in [0.3, 0.4) is 0 Å². The summed E-state index contributed by atoms with van der Waals surface area (Å²) in [6.45, 7) is 3.47. The van der Waals surface area contributed by atoms with Gasteiger partial charge >= 0.3 is 5.97 Å². The van der Waals surface area contributed by atoms with Crippen LogP contribution in [-0.2, 0) is 9.59 Å². The second kappa shape index (κ2) is 5.88. The Balaban J connectivity index is 1.70. The quantitative estimate of drug-likeness (QED) is 0.726. The minimum absolute atomic E-state index is 0.153. The van der Waals surface area contributed by atoms with Crippen LogP contribution in [0.1, 0.15) is 32.1 Å². The Morgan fingerprint density at radius 3 is 2.26 bits per heavy atom. The monoisotopic (exact) mass is 269 g/mol. The molecule has 108 valence electrons. The molecule has 1 heterocycles. The summed E-state index contributed by atoms with van der Waals surface area (Å²) in [5.41, 5.74) is 5.84. The third-order valence-corrected chi connectivity index (χ3v) is 4.22. The average molecular weight is 269 g/mol. The Labute approximate surface area is 113 Å². The van der Waals surface area contributed by atoms with Gasteiger partial charge in [-0.25, -0.2) is 0 Å². The van der Waals surface area contributed by atoms with Crippen molar-refractivity contribution in [1.29, 1.82) is 0 Å². The van der Waals surface area contributed by atoms with Crippen LogP contribution in [0.2, 0.25) is 0 Å². The summed E-state index contributed by atoms with van der Waals surface area (Å²) in [4.78, 5) is 26.6. The maximum absolute atomic E-state index is 12.1. The van der Waals surface area contributed by atoms with Gasteiger partial charge in [0.15, 0.2) is 0 Å². The molecule has 1 amide bonds. The van der Waals surface area contributed by atoms with E-state index in [9.17, 15) is 9.59 Å².